The quantitative estimate of drug-likeness (QED) is 0.321. The maximum Gasteiger partial charge on any atom is 0.338 e. The molecule has 206 valence electrons. The summed E-state index contributed by atoms with van der Waals surface area (Å²) in [5.41, 5.74) is 4.56. The van der Waals surface area contributed by atoms with Crippen molar-refractivity contribution in [1.82, 2.24) is 0 Å². The van der Waals surface area contributed by atoms with E-state index in [1.54, 1.807) is 30.3 Å². The van der Waals surface area contributed by atoms with Crippen LogP contribution in [0.25, 0.3) is 12.2 Å². The summed E-state index contributed by atoms with van der Waals surface area (Å²) < 4.78 is 50.9. The molecule has 0 spiro atoms. The Morgan fingerprint density at radius 1 is 1.05 bits per heavy atom. The van der Waals surface area contributed by atoms with Crippen molar-refractivity contribution in [2.75, 3.05) is 13.2 Å². The second kappa shape index (κ2) is 10.6. The second-order valence-corrected chi connectivity index (χ2v) is 12.3. The van der Waals surface area contributed by atoms with E-state index in [9.17, 15) is 8.42 Å². The van der Waals surface area contributed by atoms with Gasteiger partial charge in [-0.2, -0.15) is 8.42 Å². The lowest BCUT2D eigenvalue weighted by molar-refractivity contribution is 0.158. The van der Waals surface area contributed by atoms with Crippen molar-refractivity contribution >= 4 is 22.3 Å². The van der Waals surface area contributed by atoms with Gasteiger partial charge in [-0.3, -0.25) is 0 Å². The minimum absolute atomic E-state index is 0.120. The minimum atomic E-state index is -4.04. The molecule has 6 nitrogen and oxygen atoms in total. The molecule has 0 saturated carbocycles. The van der Waals surface area contributed by atoms with E-state index in [0.717, 1.165) is 52.2 Å². The lowest BCUT2D eigenvalue weighted by atomic mass is 9.83. The Morgan fingerprint density at radius 3 is 2.54 bits per heavy atom. The van der Waals surface area contributed by atoms with Crippen LogP contribution in [0.3, 0.4) is 0 Å². The van der Waals surface area contributed by atoms with Gasteiger partial charge in [0, 0.05) is 17.6 Å². The molecule has 0 fully saturated rings. The molecule has 5 rings (SSSR count). The molecule has 0 N–H and O–H groups in total. The van der Waals surface area contributed by atoms with Crippen LogP contribution in [0.4, 0.5) is 0 Å². The number of aryl methyl sites for hydroxylation is 1. The number of allylic oxidation sites excluding steroid dienone is 3. The lowest BCUT2D eigenvalue weighted by Crippen LogP contribution is -2.28. The molecule has 39 heavy (non-hydrogen) atoms. The molecule has 2 aromatic rings. The molecule has 3 aliphatic rings. The van der Waals surface area contributed by atoms with Gasteiger partial charge in [-0.1, -0.05) is 31.0 Å². The zero-order chi connectivity index (χ0) is 27.8. The molecule has 0 radical (unpaired) electrons. The summed E-state index contributed by atoms with van der Waals surface area (Å²) in [7, 11) is -4.04. The SMILES string of the molecule is CCCC1=C(OCC)C=C(OS(=O)(=O)c2ccc(C)cc2)C(C2=Cc3ccc4c(c3OC2)C=CC(C)(C)O4)C1. The Morgan fingerprint density at radius 2 is 1.82 bits per heavy atom. The summed E-state index contributed by atoms with van der Waals surface area (Å²) >= 11 is 0. The van der Waals surface area contributed by atoms with Gasteiger partial charge in [0.15, 0.2) is 0 Å². The molecule has 1 aliphatic carbocycles. The molecule has 0 amide bonds. The summed E-state index contributed by atoms with van der Waals surface area (Å²) in [6.07, 6.45) is 10.4. The first-order valence-electron chi connectivity index (χ1n) is 13.6. The Hall–Kier alpha value is -3.45. The van der Waals surface area contributed by atoms with Gasteiger partial charge in [-0.25, -0.2) is 0 Å². The number of hydrogen-bond donors (Lipinski definition) is 0. The van der Waals surface area contributed by atoms with Crippen molar-refractivity contribution < 1.29 is 26.8 Å². The first-order valence-corrected chi connectivity index (χ1v) is 15.0. The van der Waals surface area contributed by atoms with Crippen molar-refractivity contribution in [3.8, 4) is 11.5 Å². The average Bonchev–Trinajstić information content (AvgIpc) is 2.89. The highest BCUT2D eigenvalue weighted by atomic mass is 32.2. The summed E-state index contributed by atoms with van der Waals surface area (Å²) in [6, 6.07) is 10.6. The number of rotatable bonds is 8. The van der Waals surface area contributed by atoms with Gasteiger partial charge in [-0.05, 0) is 94.2 Å². The van der Waals surface area contributed by atoms with Crippen LogP contribution < -0.4 is 9.47 Å². The predicted octanol–water partition coefficient (Wildman–Crippen LogP) is 7.36. The summed E-state index contributed by atoms with van der Waals surface area (Å²) in [5.74, 6) is 2.31. The number of hydrogen-bond acceptors (Lipinski definition) is 6. The zero-order valence-corrected chi connectivity index (χ0v) is 24.1. The third-order valence-corrected chi connectivity index (χ3v) is 8.43. The zero-order valence-electron chi connectivity index (χ0n) is 23.2. The summed E-state index contributed by atoms with van der Waals surface area (Å²) in [6.45, 7) is 10.8. The highest BCUT2D eigenvalue weighted by Crippen LogP contribution is 2.45. The standard InChI is InChI=1S/C32H36O6S/c1-6-8-22-18-27(24-17-23-11-14-28-26(31(23)36-20-24)15-16-32(4,5)37-28)30(19-29(22)35-7-2)38-39(33,34)25-12-9-21(3)10-13-25/h9-17,19,27H,6-8,18,20H2,1-5H3. The van der Waals surface area contributed by atoms with Gasteiger partial charge < -0.3 is 18.4 Å². The molecule has 2 heterocycles. The van der Waals surface area contributed by atoms with Gasteiger partial charge in [0.2, 0.25) is 0 Å². The molecule has 0 aromatic heterocycles. The van der Waals surface area contributed by atoms with Crippen molar-refractivity contribution in [3.63, 3.8) is 0 Å². The first kappa shape index (κ1) is 27.1. The highest BCUT2D eigenvalue weighted by Gasteiger charge is 2.34. The van der Waals surface area contributed by atoms with E-state index in [1.165, 1.54) is 0 Å². The van der Waals surface area contributed by atoms with Crippen molar-refractivity contribution in [2.45, 2.75) is 64.4 Å². The Kier molecular flexibility index (Phi) is 7.38. The van der Waals surface area contributed by atoms with Crippen LogP contribution in [0.2, 0.25) is 0 Å². The van der Waals surface area contributed by atoms with Crippen LogP contribution in [-0.2, 0) is 19.0 Å². The summed E-state index contributed by atoms with van der Waals surface area (Å²) in [5, 5.41) is 0. The molecular formula is C32H36O6S. The second-order valence-electron chi connectivity index (χ2n) is 10.7. The third kappa shape index (κ3) is 5.64. The van der Waals surface area contributed by atoms with Crippen LogP contribution >= 0.6 is 0 Å². The molecule has 1 atom stereocenters. The number of ether oxygens (including phenoxy) is 3. The number of benzene rings is 2. The fourth-order valence-electron chi connectivity index (χ4n) is 5.20. The fourth-order valence-corrected chi connectivity index (χ4v) is 6.18. The fraction of sp³-hybridized carbons (Fsp3) is 0.375. The first-order chi connectivity index (χ1) is 18.6. The van der Waals surface area contributed by atoms with Gasteiger partial charge in [0.25, 0.3) is 0 Å². The molecule has 0 bridgehead atoms. The molecule has 2 aliphatic heterocycles. The van der Waals surface area contributed by atoms with Crippen LogP contribution in [0.1, 0.15) is 63.6 Å². The topological polar surface area (TPSA) is 71.1 Å². The molecular weight excluding hydrogens is 512 g/mol. The van der Waals surface area contributed by atoms with Gasteiger partial charge in [0.05, 0.1) is 12.2 Å². The molecule has 0 saturated heterocycles. The van der Waals surface area contributed by atoms with Crippen molar-refractivity contribution in [1.29, 1.82) is 0 Å². The lowest BCUT2D eigenvalue weighted by Gasteiger charge is -2.33. The predicted molar refractivity (Wildman–Crippen MR) is 153 cm³/mol. The van der Waals surface area contributed by atoms with Crippen LogP contribution in [0, 0.1) is 12.8 Å². The van der Waals surface area contributed by atoms with E-state index < -0.39 is 10.1 Å². The van der Waals surface area contributed by atoms with Gasteiger partial charge >= 0.3 is 10.1 Å². The Balaban J connectivity index is 1.53. The minimum Gasteiger partial charge on any atom is -0.494 e. The maximum atomic E-state index is 13.3. The van der Waals surface area contributed by atoms with Crippen molar-refractivity contribution in [3.05, 3.63) is 87.9 Å². The van der Waals surface area contributed by atoms with Crippen LogP contribution in [0.15, 0.2) is 76.1 Å². The van der Waals surface area contributed by atoms with Crippen LogP contribution in [-0.4, -0.2) is 27.2 Å². The van der Waals surface area contributed by atoms with E-state index in [2.05, 4.69) is 19.1 Å². The van der Waals surface area contributed by atoms with E-state index >= 15 is 0 Å². The molecule has 7 heteroatoms. The van der Waals surface area contributed by atoms with E-state index in [-0.39, 0.29) is 16.4 Å². The van der Waals surface area contributed by atoms with Gasteiger partial charge in [0.1, 0.15) is 40.1 Å². The Bertz CT molecular complexity index is 1490. The average molecular weight is 549 g/mol. The number of fused-ring (bicyclic) bond motifs is 3. The highest BCUT2D eigenvalue weighted by molar-refractivity contribution is 7.86. The Labute approximate surface area is 231 Å². The molecule has 1 unspecified atom stereocenters. The van der Waals surface area contributed by atoms with Crippen molar-refractivity contribution in [2.24, 2.45) is 5.92 Å². The van der Waals surface area contributed by atoms with Gasteiger partial charge in [-0.15, -0.1) is 0 Å². The smallest absolute Gasteiger partial charge is 0.338 e. The normalized spacial score (nSPS) is 19.7. The van der Waals surface area contributed by atoms with E-state index in [4.69, 9.17) is 18.4 Å². The van der Waals surface area contributed by atoms with Crippen LogP contribution in [0.5, 0.6) is 11.5 Å². The largest absolute Gasteiger partial charge is 0.494 e. The monoisotopic (exact) mass is 548 g/mol. The maximum absolute atomic E-state index is 13.3. The third-order valence-electron chi connectivity index (χ3n) is 7.17. The van der Waals surface area contributed by atoms with E-state index in [1.807, 2.05) is 45.9 Å². The van der Waals surface area contributed by atoms with E-state index in [0.29, 0.717) is 31.2 Å². The molecule has 2 aromatic carbocycles. The summed E-state index contributed by atoms with van der Waals surface area (Å²) in [4.78, 5) is 0.120.